The molecule has 7 heteroatoms. The van der Waals surface area contributed by atoms with Crippen molar-refractivity contribution in [2.75, 3.05) is 7.05 Å². The highest BCUT2D eigenvalue weighted by molar-refractivity contribution is 9.11. The van der Waals surface area contributed by atoms with Crippen LogP contribution in [0.4, 0.5) is 0 Å². The maximum absolute atomic E-state index is 12.8. The van der Waals surface area contributed by atoms with Gasteiger partial charge in [0, 0.05) is 25.7 Å². The van der Waals surface area contributed by atoms with Gasteiger partial charge in [-0.1, -0.05) is 15.9 Å². The highest BCUT2D eigenvalue weighted by Gasteiger charge is 2.28. The van der Waals surface area contributed by atoms with E-state index in [2.05, 4.69) is 31.9 Å². The summed E-state index contributed by atoms with van der Waals surface area (Å²) in [6, 6.07) is 8.85. The fourth-order valence-corrected chi connectivity index (χ4v) is 5.99. The molecule has 0 amide bonds. The SMILES string of the molecule is Cc1ccc(C(C)N(C)S(=O)(=O)c2ccc(Br)cc2Br)s1. The van der Waals surface area contributed by atoms with Gasteiger partial charge >= 0.3 is 0 Å². The monoisotopic (exact) mass is 451 g/mol. The van der Waals surface area contributed by atoms with Crippen LogP contribution in [-0.2, 0) is 10.0 Å². The van der Waals surface area contributed by atoms with Crippen molar-refractivity contribution in [2.45, 2.75) is 24.8 Å². The maximum atomic E-state index is 12.8. The molecule has 0 saturated carbocycles. The smallest absolute Gasteiger partial charge is 0.207 e. The minimum Gasteiger partial charge on any atom is -0.207 e. The first-order valence-electron chi connectivity index (χ1n) is 6.23. The molecule has 0 spiro atoms. The highest BCUT2D eigenvalue weighted by atomic mass is 79.9. The van der Waals surface area contributed by atoms with Crippen molar-refractivity contribution in [3.8, 4) is 0 Å². The highest BCUT2D eigenvalue weighted by Crippen LogP contribution is 2.33. The summed E-state index contributed by atoms with van der Waals surface area (Å²) in [7, 11) is -1.94. The largest absolute Gasteiger partial charge is 0.244 e. The van der Waals surface area contributed by atoms with E-state index in [4.69, 9.17) is 0 Å². The van der Waals surface area contributed by atoms with E-state index in [1.54, 1.807) is 36.6 Å². The Bertz CT molecular complexity index is 756. The molecular weight excluding hydrogens is 438 g/mol. The second kappa shape index (κ2) is 6.50. The Labute approximate surface area is 146 Å². The van der Waals surface area contributed by atoms with Crippen LogP contribution in [0.3, 0.4) is 0 Å². The summed E-state index contributed by atoms with van der Waals surface area (Å²) < 4.78 is 28.3. The van der Waals surface area contributed by atoms with E-state index in [9.17, 15) is 8.42 Å². The van der Waals surface area contributed by atoms with Gasteiger partial charge in [-0.2, -0.15) is 4.31 Å². The quantitative estimate of drug-likeness (QED) is 0.657. The van der Waals surface area contributed by atoms with Crippen molar-refractivity contribution in [1.82, 2.24) is 4.31 Å². The Balaban J connectivity index is 2.38. The molecule has 0 bridgehead atoms. The molecule has 0 aliphatic rings. The van der Waals surface area contributed by atoms with Crippen LogP contribution in [0, 0.1) is 6.92 Å². The fraction of sp³-hybridized carbons (Fsp3) is 0.286. The first kappa shape index (κ1) is 17.1. The van der Waals surface area contributed by atoms with Gasteiger partial charge < -0.3 is 0 Å². The molecule has 1 heterocycles. The third-order valence-electron chi connectivity index (χ3n) is 3.27. The summed E-state index contributed by atoms with van der Waals surface area (Å²) in [5.41, 5.74) is 0. The van der Waals surface area contributed by atoms with Gasteiger partial charge in [-0.3, -0.25) is 0 Å². The Morgan fingerprint density at radius 1 is 1.19 bits per heavy atom. The van der Waals surface area contributed by atoms with Crippen LogP contribution in [-0.4, -0.2) is 19.8 Å². The van der Waals surface area contributed by atoms with Gasteiger partial charge in [0.05, 0.1) is 10.9 Å². The van der Waals surface area contributed by atoms with Gasteiger partial charge in [0.2, 0.25) is 10.0 Å². The molecule has 0 saturated heterocycles. The van der Waals surface area contributed by atoms with Crippen LogP contribution in [0.15, 0.2) is 44.2 Å². The van der Waals surface area contributed by atoms with Crippen molar-refractivity contribution in [2.24, 2.45) is 0 Å². The number of aryl methyl sites for hydroxylation is 1. The molecule has 2 rings (SSSR count). The van der Waals surface area contributed by atoms with Gasteiger partial charge in [-0.25, -0.2) is 8.42 Å². The number of nitrogens with zero attached hydrogens (tertiary/aromatic N) is 1. The average Bonchev–Trinajstić information content (AvgIpc) is 2.83. The Morgan fingerprint density at radius 3 is 2.38 bits per heavy atom. The molecule has 21 heavy (non-hydrogen) atoms. The molecule has 1 atom stereocenters. The average molecular weight is 453 g/mol. The number of rotatable bonds is 4. The minimum absolute atomic E-state index is 0.204. The van der Waals surface area contributed by atoms with E-state index in [1.165, 1.54) is 9.18 Å². The van der Waals surface area contributed by atoms with Crippen molar-refractivity contribution >= 4 is 53.2 Å². The van der Waals surface area contributed by atoms with E-state index in [0.29, 0.717) is 4.47 Å². The third-order valence-corrected chi connectivity index (χ3v) is 7.84. The first-order chi connectivity index (χ1) is 9.73. The first-order valence-corrected chi connectivity index (χ1v) is 10.1. The molecule has 2 aromatic rings. The van der Waals surface area contributed by atoms with Crippen molar-refractivity contribution in [1.29, 1.82) is 0 Å². The number of benzene rings is 1. The number of hydrogen-bond acceptors (Lipinski definition) is 3. The number of hydrogen-bond donors (Lipinski definition) is 0. The molecule has 1 aromatic carbocycles. The van der Waals surface area contributed by atoms with Gasteiger partial charge in [-0.15, -0.1) is 11.3 Å². The predicted octanol–water partition coefficient (Wildman–Crippen LogP) is 4.96. The zero-order valence-corrected chi connectivity index (χ0v) is 16.6. The van der Waals surface area contributed by atoms with Gasteiger partial charge in [0.1, 0.15) is 0 Å². The lowest BCUT2D eigenvalue weighted by Gasteiger charge is -2.24. The standard InChI is InChI=1S/C14H15Br2NO2S2/c1-9-4-6-13(20-9)10(2)17(3)21(18,19)14-7-5-11(15)8-12(14)16/h4-8,10H,1-3H3. The molecule has 114 valence electrons. The zero-order chi connectivity index (χ0) is 15.8. The van der Waals surface area contributed by atoms with E-state index >= 15 is 0 Å². The van der Waals surface area contributed by atoms with Crippen molar-refractivity contribution in [3.05, 3.63) is 49.0 Å². The van der Waals surface area contributed by atoms with Crippen LogP contribution in [0.1, 0.15) is 22.7 Å². The maximum Gasteiger partial charge on any atom is 0.244 e. The molecule has 0 aliphatic carbocycles. The Morgan fingerprint density at radius 2 is 1.86 bits per heavy atom. The summed E-state index contributed by atoms with van der Waals surface area (Å²) in [5.74, 6) is 0. The van der Waals surface area contributed by atoms with Gasteiger partial charge in [-0.05, 0) is 60.1 Å². The lowest BCUT2D eigenvalue weighted by atomic mass is 10.3. The summed E-state index contributed by atoms with van der Waals surface area (Å²) in [6.45, 7) is 3.91. The van der Waals surface area contributed by atoms with Crippen LogP contribution < -0.4 is 0 Å². The fourth-order valence-electron chi connectivity index (χ4n) is 1.90. The summed E-state index contributed by atoms with van der Waals surface area (Å²) >= 11 is 8.28. The second-order valence-electron chi connectivity index (χ2n) is 4.72. The van der Waals surface area contributed by atoms with Crippen LogP contribution in [0.2, 0.25) is 0 Å². The van der Waals surface area contributed by atoms with E-state index in [0.717, 1.165) is 9.35 Å². The van der Waals surface area contributed by atoms with Gasteiger partial charge in [0.15, 0.2) is 0 Å². The lowest BCUT2D eigenvalue weighted by molar-refractivity contribution is 0.402. The van der Waals surface area contributed by atoms with E-state index in [1.807, 2.05) is 26.0 Å². The normalized spacial score (nSPS) is 13.6. The van der Waals surface area contributed by atoms with Crippen LogP contribution in [0.25, 0.3) is 0 Å². The Kier molecular flexibility index (Phi) is 5.31. The molecule has 1 unspecified atom stereocenters. The number of halogens is 2. The molecule has 0 aliphatic heterocycles. The minimum atomic E-state index is -3.55. The van der Waals surface area contributed by atoms with Crippen LogP contribution in [0.5, 0.6) is 0 Å². The predicted molar refractivity (Wildman–Crippen MR) is 94.3 cm³/mol. The zero-order valence-electron chi connectivity index (χ0n) is 11.8. The third kappa shape index (κ3) is 3.59. The van der Waals surface area contributed by atoms with Crippen LogP contribution >= 0.6 is 43.2 Å². The molecule has 0 radical (unpaired) electrons. The molecule has 3 nitrogen and oxygen atoms in total. The Hall–Kier alpha value is -0.210. The summed E-state index contributed by atoms with van der Waals surface area (Å²) in [6.07, 6.45) is 0. The number of thiophene rings is 1. The van der Waals surface area contributed by atoms with Gasteiger partial charge in [0.25, 0.3) is 0 Å². The van der Waals surface area contributed by atoms with Crippen molar-refractivity contribution < 1.29 is 8.42 Å². The molecule has 0 N–H and O–H groups in total. The topological polar surface area (TPSA) is 37.4 Å². The molecule has 1 aromatic heterocycles. The molecule has 0 fully saturated rings. The second-order valence-corrected chi connectivity index (χ2v) is 9.78. The van der Waals surface area contributed by atoms with Crippen molar-refractivity contribution in [3.63, 3.8) is 0 Å². The summed E-state index contributed by atoms with van der Waals surface area (Å²) in [4.78, 5) is 2.48. The number of sulfonamides is 1. The van der Waals surface area contributed by atoms with E-state index < -0.39 is 10.0 Å². The van der Waals surface area contributed by atoms with E-state index in [-0.39, 0.29) is 10.9 Å². The summed E-state index contributed by atoms with van der Waals surface area (Å²) in [5, 5.41) is 0. The lowest BCUT2D eigenvalue weighted by Crippen LogP contribution is -2.29. The molecular formula is C14H15Br2NO2S2.